The number of hydrogen-bond donors (Lipinski definition) is 2. The fourth-order valence-corrected chi connectivity index (χ4v) is 3.46. The molecule has 5 rings (SSSR count). The molecule has 0 fully saturated rings. The van der Waals surface area contributed by atoms with Crippen LogP contribution in [0.4, 0.5) is 10.8 Å². The monoisotopic (exact) mass is 332 g/mol. The van der Waals surface area contributed by atoms with Gasteiger partial charge in [-0.1, -0.05) is 11.3 Å². The number of anilines is 2. The molecule has 0 saturated heterocycles. The predicted octanol–water partition coefficient (Wildman–Crippen LogP) is 4.08. The number of aromatic amines is 1. The number of aromatic nitrogens is 5. The van der Waals surface area contributed by atoms with E-state index in [0.29, 0.717) is 0 Å². The molecule has 1 aromatic carbocycles. The van der Waals surface area contributed by atoms with Crippen LogP contribution in [0.5, 0.6) is 0 Å². The van der Waals surface area contributed by atoms with Crippen LogP contribution in [-0.4, -0.2) is 24.6 Å². The summed E-state index contributed by atoms with van der Waals surface area (Å²) in [5, 5.41) is 9.87. The molecule has 4 heterocycles. The Morgan fingerprint density at radius 1 is 1.17 bits per heavy atom. The summed E-state index contributed by atoms with van der Waals surface area (Å²) in [7, 11) is 0. The van der Waals surface area contributed by atoms with Crippen molar-refractivity contribution in [3.05, 3.63) is 61.2 Å². The molecular formula is C17H12N6S. The molecule has 0 aliphatic carbocycles. The first kappa shape index (κ1) is 13.3. The third-order valence-electron chi connectivity index (χ3n) is 3.81. The molecule has 0 saturated carbocycles. The van der Waals surface area contributed by atoms with Crippen LogP contribution < -0.4 is 5.32 Å². The highest BCUT2D eigenvalue weighted by molar-refractivity contribution is 7.20. The molecule has 0 radical (unpaired) electrons. The van der Waals surface area contributed by atoms with Gasteiger partial charge in [0.2, 0.25) is 10.1 Å². The van der Waals surface area contributed by atoms with Gasteiger partial charge >= 0.3 is 0 Å². The number of hydrogen-bond acceptors (Lipinski definition) is 5. The normalized spacial score (nSPS) is 11.3. The Balaban J connectivity index is 1.46. The zero-order valence-electron chi connectivity index (χ0n) is 12.5. The van der Waals surface area contributed by atoms with Gasteiger partial charge in [-0.3, -0.25) is 4.98 Å². The first-order valence-corrected chi connectivity index (χ1v) is 8.28. The molecule has 116 valence electrons. The average molecular weight is 332 g/mol. The van der Waals surface area contributed by atoms with Crippen LogP contribution in [0.2, 0.25) is 0 Å². The minimum atomic E-state index is 0.810. The first-order valence-electron chi connectivity index (χ1n) is 7.46. The summed E-state index contributed by atoms with van der Waals surface area (Å²) >= 11 is 1.52. The molecule has 4 aromatic heterocycles. The average Bonchev–Trinajstić information content (AvgIpc) is 3.29. The lowest BCUT2D eigenvalue weighted by atomic mass is 10.2. The molecule has 0 amide bonds. The standard InChI is InChI=1S/C17H12N6S/c1-2-12(9-18-6-1)15-10-23-17(21-15)24-16(22-23)20-13-3-4-14-11(8-13)5-7-19-14/h1-10,19H,(H,20,22). The molecule has 5 aromatic rings. The molecule has 0 unspecified atom stereocenters. The van der Waals surface area contributed by atoms with Crippen molar-refractivity contribution >= 4 is 38.0 Å². The zero-order valence-corrected chi connectivity index (χ0v) is 13.3. The number of H-pyrrole nitrogens is 1. The smallest absolute Gasteiger partial charge is 0.214 e. The minimum Gasteiger partial charge on any atom is -0.361 e. The van der Waals surface area contributed by atoms with E-state index in [-0.39, 0.29) is 0 Å². The van der Waals surface area contributed by atoms with Crippen molar-refractivity contribution < 1.29 is 0 Å². The lowest BCUT2D eigenvalue weighted by Gasteiger charge is -2.01. The molecule has 0 bridgehead atoms. The van der Waals surface area contributed by atoms with E-state index in [1.807, 2.05) is 30.6 Å². The summed E-state index contributed by atoms with van der Waals surface area (Å²) in [5.74, 6) is 0. The summed E-state index contributed by atoms with van der Waals surface area (Å²) in [6.45, 7) is 0. The van der Waals surface area contributed by atoms with Gasteiger partial charge in [-0.05, 0) is 36.4 Å². The Labute approximate surface area is 140 Å². The first-order chi connectivity index (χ1) is 11.8. The van der Waals surface area contributed by atoms with E-state index < -0.39 is 0 Å². The van der Waals surface area contributed by atoms with Crippen molar-refractivity contribution in [2.24, 2.45) is 0 Å². The van der Waals surface area contributed by atoms with Crippen LogP contribution >= 0.6 is 11.3 Å². The summed E-state index contributed by atoms with van der Waals surface area (Å²) in [5.41, 5.74) is 3.99. The zero-order chi connectivity index (χ0) is 15.9. The number of nitrogens with one attached hydrogen (secondary N) is 2. The van der Waals surface area contributed by atoms with Gasteiger partial charge in [0.15, 0.2) is 0 Å². The number of pyridine rings is 1. The SMILES string of the molecule is c1cncc(-c2cn3nc(Nc4ccc5[nH]ccc5c4)sc3n2)c1. The maximum absolute atomic E-state index is 4.62. The highest BCUT2D eigenvalue weighted by atomic mass is 32.1. The minimum absolute atomic E-state index is 0.810. The van der Waals surface area contributed by atoms with E-state index >= 15 is 0 Å². The van der Waals surface area contributed by atoms with Crippen LogP contribution in [0.1, 0.15) is 0 Å². The van der Waals surface area contributed by atoms with E-state index in [4.69, 9.17) is 0 Å². The van der Waals surface area contributed by atoms with Crippen LogP contribution in [0.25, 0.3) is 27.1 Å². The van der Waals surface area contributed by atoms with Crippen molar-refractivity contribution in [1.82, 2.24) is 24.6 Å². The predicted molar refractivity (Wildman–Crippen MR) is 95.7 cm³/mol. The molecule has 0 aliphatic heterocycles. The van der Waals surface area contributed by atoms with Crippen molar-refractivity contribution in [3.8, 4) is 11.3 Å². The maximum Gasteiger partial charge on any atom is 0.214 e. The number of nitrogens with zero attached hydrogens (tertiary/aromatic N) is 4. The lowest BCUT2D eigenvalue weighted by Crippen LogP contribution is -1.90. The van der Waals surface area contributed by atoms with Gasteiger partial charge in [0.25, 0.3) is 0 Å². The van der Waals surface area contributed by atoms with Gasteiger partial charge < -0.3 is 10.3 Å². The number of rotatable bonds is 3. The second kappa shape index (κ2) is 5.17. The third kappa shape index (κ3) is 2.22. The second-order valence-corrected chi connectivity index (χ2v) is 6.36. The topological polar surface area (TPSA) is 70.9 Å². The summed E-state index contributed by atoms with van der Waals surface area (Å²) in [6.07, 6.45) is 7.41. The Hall–Kier alpha value is -3.19. The van der Waals surface area contributed by atoms with E-state index in [1.54, 1.807) is 16.9 Å². The fourth-order valence-electron chi connectivity index (χ4n) is 2.66. The van der Waals surface area contributed by atoms with Crippen LogP contribution in [0.15, 0.2) is 61.2 Å². The van der Waals surface area contributed by atoms with Gasteiger partial charge in [0, 0.05) is 40.7 Å². The quantitative estimate of drug-likeness (QED) is 0.522. The largest absolute Gasteiger partial charge is 0.361 e. The number of imidazole rings is 1. The number of benzene rings is 1. The van der Waals surface area contributed by atoms with Gasteiger partial charge in [0.1, 0.15) is 0 Å². The maximum atomic E-state index is 4.62. The molecule has 2 N–H and O–H groups in total. The molecule has 6 nitrogen and oxygen atoms in total. The molecule has 24 heavy (non-hydrogen) atoms. The molecular weight excluding hydrogens is 320 g/mol. The van der Waals surface area contributed by atoms with Crippen molar-refractivity contribution in [2.75, 3.05) is 5.32 Å². The van der Waals surface area contributed by atoms with Gasteiger partial charge in [-0.15, -0.1) is 5.10 Å². The lowest BCUT2D eigenvalue weighted by molar-refractivity contribution is 0.978. The Kier molecular flexibility index (Phi) is 2.86. The van der Waals surface area contributed by atoms with Gasteiger partial charge in [-0.2, -0.15) is 0 Å². The Morgan fingerprint density at radius 3 is 3.04 bits per heavy atom. The summed E-state index contributed by atoms with van der Waals surface area (Å²) < 4.78 is 1.80. The van der Waals surface area contributed by atoms with E-state index in [0.717, 1.165) is 32.6 Å². The highest BCUT2D eigenvalue weighted by Gasteiger charge is 2.10. The van der Waals surface area contributed by atoms with Crippen molar-refractivity contribution in [2.45, 2.75) is 0 Å². The summed E-state index contributed by atoms with van der Waals surface area (Å²) in [4.78, 5) is 12.8. The van der Waals surface area contributed by atoms with Crippen LogP contribution in [-0.2, 0) is 0 Å². The molecule has 7 heteroatoms. The van der Waals surface area contributed by atoms with Gasteiger partial charge in [0.05, 0.1) is 11.9 Å². The molecule has 0 aliphatic rings. The van der Waals surface area contributed by atoms with Crippen LogP contribution in [0, 0.1) is 0 Å². The van der Waals surface area contributed by atoms with E-state index in [2.05, 4.69) is 43.6 Å². The highest BCUT2D eigenvalue weighted by Crippen LogP contribution is 2.27. The van der Waals surface area contributed by atoms with Gasteiger partial charge in [-0.25, -0.2) is 9.50 Å². The summed E-state index contributed by atoms with van der Waals surface area (Å²) in [6, 6.07) is 12.1. The number of fused-ring (bicyclic) bond motifs is 2. The second-order valence-electron chi connectivity index (χ2n) is 5.41. The van der Waals surface area contributed by atoms with E-state index in [9.17, 15) is 0 Å². The Morgan fingerprint density at radius 2 is 2.17 bits per heavy atom. The van der Waals surface area contributed by atoms with Crippen LogP contribution in [0.3, 0.4) is 0 Å². The molecule has 0 atom stereocenters. The molecule has 0 spiro atoms. The van der Waals surface area contributed by atoms with E-state index in [1.165, 1.54) is 16.7 Å². The fraction of sp³-hybridized carbons (Fsp3) is 0. The van der Waals surface area contributed by atoms with Crippen molar-refractivity contribution in [1.29, 1.82) is 0 Å². The Bertz CT molecular complexity index is 1110. The van der Waals surface area contributed by atoms with Crippen molar-refractivity contribution in [3.63, 3.8) is 0 Å². The third-order valence-corrected chi connectivity index (χ3v) is 4.64.